The number of carbonyl (C=O) groups is 1. The van der Waals surface area contributed by atoms with Gasteiger partial charge in [0.25, 0.3) is 0 Å². The molecule has 2 nitrogen and oxygen atoms in total. The van der Waals surface area contributed by atoms with Crippen molar-refractivity contribution in [3.05, 3.63) is 34.3 Å². The molecule has 0 heterocycles. The monoisotopic (exact) mass is 269 g/mol. The summed E-state index contributed by atoms with van der Waals surface area (Å²) in [5.74, 6) is 0.345. The van der Waals surface area contributed by atoms with Gasteiger partial charge in [0, 0.05) is 22.5 Å². The van der Waals surface area contributed by atoms with Crippen molar-refractivity contribution >= 4 is 21.7 Å². The number of Topliss-reactive ketones (excluding diaryl/α,β-unsaturated/α-hetero) is 1. The van der Waals surface area contributed by atoms with E-state index in [1.807, 2.05) is 38.1 Å². The third-order valence-electron chi connectivity index (χ3n) is 2.52. The van der Waals surface area contributed by atoms with Crippen LogP contribution in [0.15, 0.2) is 28.7 Å². The molecule has 15 heavy (non-hydrogen) atoms. The van der Waals surface area contributed by atoms with E-state index < -0.39 is 0 Å². The average Bonchev–Trinajstić information content (AvgIpc) is 2.19. The summed E-state index contributed by atoms with van der Waals surface area (Å²) in [5, 5.41) is 0. The Morgan fingerprint density at radius 2 is 1.87 bits per heavy atom. The normalized spacial score (nSPS) is 12.9. The Morgan fingerprint density at radius 1 is 1.33 bits per heavy atom. The smallest absolute Gasteiger partial charge is 0.167 e. The summed E-state index contributed by atoms with van der Waals surface area (Å²) >= 11 is 3.34. The molecule has 0 amide bonds. The van der Waals surface area contributed by atoms with Gasteiger partial charge in [0.2, 0.25) is 0 Å². The van der Waals surface area contributed by atoms with Crippen LogP contribution in [-0.2, 0) is 0 Å². The number of carbonyl (C=O) groups excluding carboxylic acids is 1. The second-order valence-corrected chi connectivity index (χ2v) is 4.87. The molecule has 0 fully saturated rings. The number of hydrogen-bond acceptors (Lipinski definition) is 2. The largest absolute Gasteiger partial charge is 0.330 e. The summed E-state index contributed by atoms with van der Waals surface area (Å²) in [6.45, 7) is 4.45. The molecule has 3 heteroatoms. The zero-order valence-corrected chi connectivity index (χ0v) is 10.6. The summed E-state index contributed by atoms with van der Waals surface area (Å²) in [5.41, 5.74) is 6.35. The first-order chi connectivity index (χ1) is 7.06. The van der Waals surface area contributed by atoms with Crippen LogP contribution in [0.1, 0.15) is 24.2 Å². The van der Waals surface area contributed by atoms with Gasteiger partial charge in [0.1, 0.15) is 0 Å². The number of ketones is 1. The van der Waals surface area contributed by atoms with Crippen LogP contribution in [-0.4, -0.2) is 12.3 Å². The summed E-state index contributed by atoms with van der Waals surface area (Å²) in [4.78, 5) is 12.0. The average molecular weight is 270 g/mol. The molecule has 0 aromatic heterocycles. The van der Waals surface area contributed by atoms with Gasteiger partial charge in [-0.1, -0.05) is 41.9 Å². The molecule has 2 N–H and O–H groups in total. The van der Waals surface area contributed by atoms with Gasteiger partial charge in [-0.15, -0.1) is 0 Å². The van der Waals surface area contributed by atoms with E-state index in [2.05, 4.69) is 15.9 Å². The van der Waals surface area contributed by atoms with Gasteiger partial charge in [-0.05, 0) is 18.1 Å². The molecule has 0 spiro atoms. The Morgan fingerprint density at radius 3 is 2.27 bits per heavy atom. The molecule has 0 saturated carbocycles. The Bertz CT molecular complexity index is 332. The summed E-state index contributed by atoms with van der Waals surface area (Å²) in [7, 11) is 0. The van der Waals surface area contributed by atoms with Gasteiger partial charge in [-0.25, -0.2) is 0 Å². The molecule has 0 aliphatic heterocycles. The van der Waals surface area contributed by atoms with Crippen LogP contribution in [0.25, 0.3) is 0 Å². The van der Waals surface area contributed by atoms with Crippen molar-refractivity contribution in [3.63, 3.8) is 0 Å². The zero-order valence-electron chi connectivity index (χ0n) is 9.03. The minimum Gasteiger partial charge on any atom is -0.330 e. The molecular formula is C12H16BrNO. The Labute approximate surface area is 99.0 Å². The van der Waals surface area contributed by atoms with Crippen molar-refractivity contribution in [1.29, 1.82) is 0 Å². The highest BCUT2D eigenvalue weighted by atomic mass is 79.9. The lowest BCUT2D eigenvalue weighted by atomic mass is 9.88. The molecule has 1 aromatic rings. The summed E-state index contributed by atoms with van der Waals surface area (Å²) in [6.07, 6.45) is 0. The van der Waals surface area contributed by atoms with Gasteiger partial charge in [-0.2, -0.15) is 0 Å². The minimum absolute atomic E-state index is 0.0776. The lowest BCUT2D eigenvalue weighted by Crippen LogP contribution is -2.28. The first-order valence-electron chi connectivity index (χ1n) is 5.06. The van der Waals surface area contributed by atoms with E-state index >= 15 is 0 Å². The SMILES string of the molecule is CC(C)C(CN)C(=O)c1ccc(Br)cc1. The molecule has 82 valence electrons. The van der Waals surface area contributed by atoms with E-state index in [1.165, 1.54) is 0 Å². The predicted molar refractivity (Wildman–Crippen MR) is 65.9 cm³/mol. The summed E-state index contributed by atoms with van der Waals surface area (Å²) < 4.78 is 0.980. The lowest BCUT2D eigenvalue weighted by molar-refractivity contribution is 0.0892. The van der Waals surface area contributed by atoms with E-state index in [4.69, 9.17) is 5.73 Å². The third-order valence-corrected chi connectivity index (χ3v) is 3.05. The molecule has 0 aliphatic rings. The quantitative estimate of drug-likeness (QED) is 0.855. The number of benzene rings is 1. The van der Waals surface area contributed by atoms with E-state index in [0.29, 0.717) is 6.54 Å². The number of halogens is 1. The van der Waals surface area contributed by atoms with Crippen molar-refractivity contribution in [1.82, 2.24) is 0 Å². The van der Waals surface area contributed by atoms with Gasteiger partial charge in [-0.3, -0.25) is 4.79 Å². The van der Waals surface area contributed by atoms with Gasteiger partial charge >= 0.3 is 0 Å². The maximum absolute atomic E-state index is 12.0. The van der Waals surface area contributed by atoms with E-state index in [1.54, 1.807) is 0 Å². The fourth-order valence-corrected chi connectivity index (χ4v) is 1.77. The molecule has 1 unspecified atom stereocenters. The van der Waals surface area contributed by atoms with Gasteiger partial charge < -0.3 is 5.73 Å². The number of rotatable bonds is 4. The van der Waals surface area contributed by atoms with Crippen LogP contribution in [0.4, 0.5) is 0 Å². The van der Waals surface area contributed by atoms with E-state index in [0.717, 1.165) is 10.0 Å². The first kappa shape index (κ1) is 12.4. The van der Waals surface area contributed by atoms with Crippen LogP contribution < -0.4 is 5.73 Å². The maximum atomic E-state index is 12.0. The zero-order chi connectivity index (χ0) is 11.4. The fraction of sp³-hybridized carbons (Fsp3) is 0.417. The maximum Gasteiger partial charge on any atom is 0.167 e. The van der Waals surface area contributed by atoms with Gasteiger partial charge in [0.15, 0.2) is 5.78 Å². The van der Waals surface area contributed by atoms with Crippen molar-refractivity contribution in [2.75, 3.05) is 6.54 Å². The number of nitrogens with two attached hydrogens (primary N) is 1. The van der Waals surface area contributed by atoms with Gasteiger partial charge in [0.05, 0.1) is 0 Å². The van der Waals surface area contributed by atoms with Crippen LogP contribution in [0.2, 0.25) is 0 Å². The molecule has 0 radical (unpaired) electrons. The highest BCUT2D eigenvalue weighted by Gasteiger charge is 2.21. The Hall–Kier alpha value is -0.670. The fourth-order valence-electron chi connectivity index (χ4n) is 1.51. The van der Waals surface area contributed by atoms with Crippen LogP contribution >= 0.6 is 15.9 Å². The molecule has 1 atom stereocenters. The topological polar surface area (TPSA) is 43.1 Å². The molecular weight excluding hydrogens is 254 g/mol. The number of hydrogen-bond donors (Lipinski definition) is 1. The van der Waals surface area contributed by atoms with Crippen molar-refractivity contribution in [2.45, 2.75) is 13.8 Å². The molecule has 0 aliphatic carbocycles. The molecule has 0 bridgehead atoms. The van der Waals surface area contributed by atoms with Crippen molar-refractivity contribution in [2.24, 2.45) is 17.6 Å². The van der Waals surface area contributed by atoms with Crippen LogP contribution in [0, 0.1) is 11.8 Å². The summed E-state index contributed by atoms with van der Waals surface area (Å²) in [6, 6.07) is 7.41. The highest BCUT2D eigenvalue weighted by Crippen LogP contribution is 2.18. The van der Waals surface area contributed by atoms with Crippen LogP contribution in [0.5, 0.6) is 0 Å². The third kappa shape index (κ3) is 3.14. The molecule has 1 aromatic carbocycles. The Kier molecular flexibility index (Phi) is 4.48. The first-order valence-corrected chi connectivity index (χ1v) is 5.85. The lowest BCUT2D eigenvalue weighted by Gasteiger charge is -2.17. The van der Waals surface area contributed by atoms with Crippen molar-refractivity contribution in [3.8, 4) is 0 Å². The van der Waals surface area contributed by atoms with Crippen molar-refractivity contribution < 1.29 is 4.79 Å². The molecule has 1 rings (SSSR count). The predicted octanol–water partition coefficient (Wildman–Crippen LogP) is 2.86. The Balaban J connectivity index is 2.88. The van der Waals surface area contributed by atoms with E-state index in [9.17, 15) is 4.79 Å². The second kappa shape index (κ2) is 5.42. The highest BCUT2D eigenvalue weighted by molar-refractivity contribution is 9.10. The van der Waals surface area contributed by atoms with Crippen LogP contribution in [0.3, 0.4) is 0 Å². The minimum atomic E-state index is -0.0776. The standard InChI is InChI=1S/C12H16BrNO/c1-8(2)11(7-14)12(15)9-3-5-10(13)6-4-9/h3-6,8,11H,7,14H2,1-2H3. The van der Waals surface area contributed by atoms with E-state index in [-0.39, 0.29) is 17.6 Å². The molecule has 0 saturated heterocycles. The second-order valence-electron chi connectivity index (χ2n) is 3.96.